The molecular weight excluding hydrogens is 346 g/mol. The molecule has 7 heteroatoms. The molecular formula is C20H31N3O4. The Labute approximate surface area is 161 Å². The number of aryl methyl sites for hydroxylation is 1. The number of ether oxygens (including phenoxy) is 2. The Hall–Kier alpha value is -2.28. The number of carbonyl (C=O) groups is 2. The second kappa shape index (κ2) is 11.4. The molecule has 150 valence electrons. The fourth-order valence-electron chi connectivity index (χ4n) is 3.09. The van der Waals surface area contributed by atoms with Crippen molar-refractivity contribution >= 4 is 17.6 Å². The monoisotopic (exact) mass is 377 g/mol. The summed E-state index contributed by atoms with van der Waals surface area (Å²) >= 11 is 0. The van der Waals surface area contributed by atoms with Gasteiger partial charge in [0.25, 0.3) is 0 Å². The topological polar surface area (TPSA) is 88.7 Å². The van der Waals surface area contributed by atoms with Crippen LogP contribution >= 0.6 is 0 Å². The van der Waals surface area contributed by atoms with E-state index in [1.54, 1.807) is 13.2 Å². The molecule has 2 rings (SSSR count). The fourth-order valence-corrected chi connectivity index (χ4v) is 3.09. The number of urea groups is 1. The third kappa shape index (κ3) is 7.86. The molecule has 1 saturated carbocycles. The van der Waals surface area contributed by atoms with Crippen LogP contribution in [0.5, 0.6) is 5.75 Å². The Balaban J connectivity index is 1.58. The Morgan fingerprint density at radius 1 is 1.15 bits per heavy atom. The van der Waals surface area contributed by atoms with Gasteiger partial charge >= 0.3 is 6.03 Å². The van der Waals surface area contributed by atoms with E-state index in [-0.39, 0.29) is 18.5 Å². The van der Waals surface area contributed by atoms with Gasteiger partial charge in [0.1, 0.15) is 5.75 Å². The highest BCUT2D eigenvalue weighted by Gasteiger charge is 2.13. The minimum Gasteiger partial charge on any atom is -0.495 e. The van der Waals surface area contributed by atoms with Gasteiger partial charge in [-0.1, -0.05) is 25.3 Å². The first-order valence-corrected chi connectivity index (χ1v) is 9.66. The van der Waals surface area contributed by atoms with Gasteiger partial charge in [-0.15, -0.1) is 0 Å². The van der Waals surface area contributed by atoms with Crippen LogP contribution in [0.3, 0.4) is 0 Å². The van der Waals surface area contributed by atoms with Crippen LogP contribution in [0.1, 0.15) is 44.1 Å². The molecule has 3 amide bonds. The molecule has 27 heavy (non-hydrogen) atoms. The quantitative estimate of drug-likeness (QED) is 0.577. The highest BCUT2D eigenvalue weighted by molar-refractivity contribution is 5.95. The number of benzene rings is 1. The van der Waals surface area contributed by atoms with Crippen LogP contribution in [0, 0.1) is 6.92 Å². The van der Waals surface area contributed by atoms with Gasteiger partial charge in [-0.05, 0) is 43.9 Å². The lowest BCUT2D eigenvalue weighted by molar-refractivity contribution is -0.115. The normalized spacial score (nSPS) is 14.4. The molecule has 0 atom stereocenters. The van der Waals surface area contributed by atoms with Crippen LogP contribution in [0.2, 0.25) is 0 Å². The van der Waals surface area contributed by atoms with E-state index in [2.05, 4.69) is 16.0 Å². The van der Waals surface area contributed by atoms with E-state index >= 15 is 0 Å². The predicted molar refractivity (Wildman–Crippen MR) is 105 cm³/mol. The minimum atomic E-state index is -0.362. The molecule has 1 aliphatic carbocycles. The summed E-state index contributed by atoms with van der Waals surface area (Å²) in [7, 11) is 1.55. The van der Waals surface area contributed by atoms with E-state index in [1.165, 1.54) is 19.3 Å². The summed E-state index contributed by atoms with van der Waals surface area (Å²) in [5, 5.41) is 8.03. The van der Waals surface area contributed by atoms with Gasteiger partial charge < -0.3 is 25.4 Å². The first kappa shape index (κ1) is 21.0. The van der Waals surface area contributed by atoms with Crippen molar-refractivity contribution in [3.8, 4) is 5.75 Å². The third-order valence-corrected chi connectivity index (χ3v) is 4.55. The molecule has 1 aromatic carbocycles. The fraction of sp³-hybridized carbons (Fsp3) is 0.600. The summed E-state index contributed by atoms with van der Waals surface area (Å²) in [4.78, 5) is 23.8. The minimum absolute atomic E-state index is 0.110. The van der Waals surface area contributed by atoms with Crippen molar-refractivity contribution in [1.82, 2.24) is 10.6 Å². The van der Waals surface area contributed by atoms with Crippen LogP contribution in [-0.2, 0) is 9.53 Å². The zero-order valence-electron chi connectivity index (χ0n) is 16.3. The van der Waals surface area contributed by atoms with Crippen molar-refractivity contribution in [2.75, 3.05) is 32.1 Å². The lowest BCUT2D eigenvalue weighted by Crippen LogP contribution is -2.40. The van der Waals surface area contributed by atoms with Gasteiger partial charge in [-0.3, -0.25) is 4.79 Å². The molecule has 0 aliphatic heterocycles. The van der Waals surface area contributed by atoms with Crippen molar-refractivity contribution in [1.29, 1.82) is 0 Å². The first-order valence-electron chi connectivity index (χ1n) is 9.66. The van der Waals surface area contributed by atoms with Gasteiger partial charge in [0.05, 0.1) is 25.4 Å². The molecule has 3 N–H and O–H groups in total. The molecule has 0 spiro atoms. The van der Waals surface area contributed by atoms with E-state index in [9.17, 15) is 9.59 Å². The maximum atomic E-state index is 12.0. The van der Waals surface area contributed by atoms with E-state index in [1.807, 2.05) is 19.1 Å². The van der Waals surface area contributed by atoms with Crippen molar-refractivity contribution in [2.45, 2.75) is 51.6 Å². The molecule has 1 aliphatic rings. The lowest BCUT2D eigenvalue weighted by atomic mass is 9.98. The molecule has 1 aromatic rings. The van der Waals surface area contributed by atoms with Gasteiger partial charge in [0.15, 0.2) is 0 Å². The number of hydrogen-bond acceptors (Lipinski definition) is 4. The molecule has 0 heterocycles. The average molecular weight is 377 g/mol. The molecule has 0 bridgehead atoms. The molecule has 0 saturated heterocycles. The number of rotatable bonds is 9. The summed E-state index contributed by atoms with van der Waals surface area (Å²) in [5.74, 6) is 0.269. The zero-order valence-corrected chi connectivity index (χ0v) is 16.3. The third-order valence-electron chi connectivity index (χ3n) is 4.55. The molecule has 0 aromatic heterocycles. The maximum Gasteiger partial charge on any atom is 0.315 e. The van der Waals surface area contributed by atoms with Crippen molar-refractivity contribution in [2.24, 2.45) is 0 Å². The summed E-state index contributed by atoms with van der Waals surface area (Å²) in [5.41, 5.74) is 1.59. The Bertz CT molecular complexity index is 615. The average Bonchev–Trinajstić information content (AvgIpc) is 2.67. The van der Waals surface area contributed by atoms with Crippen LogP contribution in [0.25, 0.3) is 0 Å². The van der Waals surface area contributed by atoms with Crippen LogP contribution in [0.15, 0.2) is 18.2 Å². The van der Waals surface area contributed by atoms with Crippen LogP contribution in [-0.4, -0.2) is 44.8 Å². The van der Waals surface area contributed by atoms with Gasteiger partial charge in [0, 0.05) is 13.2 Å². The van der Waals surface area contributed by atoms with Crippen molar-refractivity contribution < 1.29 is 19.1 Å². The SMILES string of the molecule is COc1ccc(C)cc1NC(=O)CNC(=O)NCCCOC1CCCCC1. The van der Waals surface area contributed by atoms with Gasteiger partial charge in [0.2, 0.25) is 5.91 Å². The lowest BCUT2D eigenvalue weighted by Gasteiger charge is -2.21. The summed E-state index contributed by atoms with van der Waals surface area (Å²) in [6.45, 7) is 2.99. The van der Waals surface area contributed by atoms with Crippen LogP contribution < -0.4 is 20.7 Å². The van der Waals surface area contributed by atoms with Gasteiger partial charge in [-0.25, -0.2) is 4.79 Å². The number of carbonyl (C=O) groups excluding carboxylic acids is 2. The van der Waals surface area contributed by atoms with Crippen molar-refractivity contribution in [3.63, 3.8) is 0 Å². The number of anilines is 1. The number of hydrogen-bond donors (Lipinski definition) is 3. The number of amides is 3. The van der Waals surface area contributed by atoms with E-state index in [4.69, 9.17) is 9.47 Å². The number of methoxy groups -OCH3 is 1. The second-order valence-electron chi connectivity index (χ2n) is 6.85. The highest BCUT2D eigenvalue weighted by Crippen LogP contribution is 2.25. The van der Waals surface area contributed by atoms with E-state index in [0.29, 0.717) is 30.7 Å². The summed E-state index contributed by atoms with van der Waals surface area (Å²) < 4.78 is 11.0. The smallest absolute Gasteiger partial charge is 0.315 e. The van der Waals surface area contributed by atoms with Crippen LogP contribution in [0.4, 0.5) is 10.5 Å². The Kier molecular flexibility index (Phi) is 8.91. The highest BCUT2D eigenvalue weighted by atomic mass is 16.5. The van der Waals surface area contributed by atoms with Gasteiger partial charge in [-0.2, -0.15) is 0 Å². The molecule has 0 unspecified atom stereocenters. The largest absolute Gasteiger partial charge is 0.495 e. The van der Waals surface area contributed by atoms with E-state index in [0.717, 1.165) is 24.8 Å². The summed E-state index contributed by atoms with van der Waals surface area (Å²) in [6, 6.07) is 5.15. The molecule has 7 nitrogen and oxygen atoms in total. The second-order valence-corrected chi connectivity index (χ2v) is 6.85. The summed E-state index contributed by atoms with van der Waals surface area (Å²) in [6.07, 6.45) is 7.25. The first-order chi connectivity index (χ1) is 13.1. The Morgan fingerprint density at radius 3 is 2.67 bits per heavy atom. The standard InChI is InChI=1S/C20H31N3O4/c1-15-9-10-18(26-2)17(13-15)23-19(24)14-22-20(25)21-11-6-12-27-16-7-4-3-5-8-16/h9-10,13,16H,3-8,11-12,14H2,1-2H3,(H,23,24)(H2,21,22,25). The number of nitrogens with one attached hydrogen (secondary N) is 3. The van der Waals surface area contributed by atoms with E-state index < -0.39 is 0 Å². The van der Waals surface area contributed by atoms with Crippen molar-refractivity contribution in [3.05, 3.63) is 23.8 Å². The molecule has 0 radical (unpaired) electrons. The maximum absolute atomic E-state index is 12.0. The predicted octanol–water partition coefficient (Wildman–Crippen LogP) is 2.98. The zero-order chi connectivity index (χ0) is 19.5. The molecule has 1 fully saturated rings. The Morgan fingerprint density at radius 2 is 1.93 bits per heavy atom.